The van der Waals surface area contributed by atoms with Gasteiger partial charge in [0.15, 0.2) is 5.82 Å². The molecule has 3 rings (SSSR count). The van der Waals surface area contributed by atoms with Crippen LogP contribution >= 0.6 is 0 Å². The predicted molar refractivity (Wildman–Crippen MR) is 70.3 cm³/mol. The highest BCUT2D eigenvalue weighted by Gasteiger charge is 2.36. The number of amides is 1. The highest BCUT2D eigenvalue weighted by Crippen LogP contribution is 2.47. The van der Waals surface area contributed by atoms with Gasteiger partial charge in [-0.15, -0.1) is 10.2 Å². The summed E-state index contributed by atoms with van der Waals surface area (Å²) < 4.78 is 5.67. The molecule has 0 spiro atoms. The highest BCUT2D eigenvalue weighted by atomic mass is 16.3. The van der Waals surface area contributed by atoms with Crippen LogP contribution in [0.2, 0.25) is 0 Å². The van der Waals surface area contributed by atoms with Crippen molar-refractivity contribution in [3.8, 4) is 0 Å². The monoisotopic (exact) mass is 273 g/mol. The quantitative estimate of drug-likeness (QED) is 0.799. The Morgan fingerprint density at radius 2 is 2.45 bits per heavy atom. The van der Waals surface area contributed by atoms with E-state index in [0.717, 1.165) is 5.76 Å². The van der Waals surface area contributed by atoms with Crippen LogP contribution in [-0.2, 0) is 11.3 Å². The Kier molecular flexibility index (Phi) is 3.32. The number of furan rings is 1. The number of tetrazole rings is 1. The van der Waals surface area contributed by atoms with Crippen molar-refractivity contribution >= 4 is 12.0 Å². The van der Waals surface area contributed by atoms with Crippen LogP contribution in [0.1, 0.15) is 36.6 Å². The number of H-pyrrole nitrogens is 1. The summed E-state index contributed by atoms with van der Waals surface area (Å²) in [5.41, 5.74) is 0. The number of aromatic amines is 1. The lowest BCUT2D eigenvalue weighted by molar-refractivity contribution is -0.116. The molecule has 0 aliphatic heterocycles. The van der Waals surface area contributed by atoms with Crippen molar-refractivity contribution in [1.82, 2.24) is 25.9 Å². The second-order valence-corrected chi connectivity index (χ2v) is 4.94. The average molecular weight is 273 g/mol. The Hall–Kier alpha value is -2.44. The third kappa shape index (κ3) is 2.93. The maximum atomic E-state index is 11.6. The van der Waals surface area contributed by atoms with Gasteiger partial charge in [0.2, 0.25) is 5.91 Å². The minimum Gasteiger partial charge on any atom is -0.461 e. The van der Waals surface area contributed by atoms with Gasteiger partial charge in [-0.25, -0.2) is 0 Å². The summed E-state index contributed by atoms with van der Waals surface area (Å²) >= 11 is 0. The number of carbonyl (C=O) groups excluding carboxylic acids is 1. The van der Waals surface area contributed by atoms with E-state index in [1.165, 1.54) is 12.5 Å². The van der Waals surface area contributed by atoms with Crippen LogP contribution < -0.4 is 5.32 Å². The van der Waals surface area contributed by atoms with Crippen molar-refractivity contribution in [2.75, 3.05) is 0 Å². The average Bonchev–Trinajstić information content (AvgIpc) is 2.92. The zero-order valence-corrected chi connectivity index (χ0v) is 11.0. The van der Waals surface area contributed by atoms with E-state index in [-0.39, 0.29) is 12.5 Å². The van der Waals surface area contributed by atoms with E-state index in [1.807, 2.05) is 12.1 Å². The Balaban J connectivity index is 1.51. The number of carbonyl (C=O) groups is 1. The van der Waals surface area contributed by atoms with Crippen molar-refractivity contribution in [2.24, 2.45) is 5.92 Å². The Labute approximate surface area is 115 Å². The maximum absolute atomic E-state index is 11.6. The number of nitrogens with one attached hydrogen (secondary N) is 2. The first-order chi connectivity index (χ1) is 9.72. The molecule has 7 heteroatoms. The lowest BCUT2D eigenvalue weighted by Gasteiger charge is -1.96. The molecule has 20 heavy (non-hydrogen) atoms. The molecule has 7 nitrogen and oxygen atoms in total. The molecule has 2 atom stereocenters. The van der Waals surface area contributed by atoms with E-state index >= 15 is 0 Å². The van der Waals surface area contributed by atoms with Gasteiger partial charge < -0.3 is 9.73 Å². The van der Waals surface area contributed by atoms with Crippen LogP contribution in [0, 0.1) is 5.92 Å². The zero-order valence-electron chi connectivity index (χ0n) is 11.0. The fourth-order valence-corrected chi connectivity index (χ4v) is 2.02. The largest absolute Gasteiger partial charge is 0.461 e. The summed E-state index contributed by atoms with van der Waals surface area (Å²) in [7, 11) is 0. The molecule has 2 N–H and O–H groups in total. The summed E-state index contributed by atoms with van der Waals surface area (Å²) in [6.45, 7) is 2.44. The molecule has 2 aromatic heterocycles. The van der Waals surface area contributed by atoms with Crippen molar-refractivity contribution in [3.63, 3.8) is 0 Å². The SMILES string of the molecule is CC1CC1c1ccc(C=CC(=O)NCc2nn[nH]n2)o1. The van der Waals surface area contributed by atoms with Crippen LogP contribution in [0.4, 0.5) is 0 Å². The van der Waals surface area contributed by atoms with Gasteiger partial charge in [-0.1, -0.05) is 12.1 Å². The normalized spacial score (nSPS) is 21.2. The lowest BCUT2D eigenvalue weighted by Crippen LogP contribution is -2.20. The third-order valence-corrected chi connectivity index (χ3v) is 3.33. The van der Waals surface area contributed by atoms with Crippen LogP contribution in [0.25, 0.3) is 6.08 Å². The van der Waals surface area contributed by atoms with Crippen LogP contribution in [0.3, 0.4) is 0 Å². The molecular formula is C13H15N5O2. The van der Waals surface area contributed by atoms with Crippen LogP contribution in [0.15, 0.2) is 22.6 Å². The molecule has 1 saturated carbocycles. The van der Waals surface area contributed by atoms with Gasteiger partial charge in [0.05, 0.1) is 6.54 Å². The smallest absolute Gasteiger partial charge is 0.244 e. The van der Waals surface area contributed by atoms with Crippen molar-refractivity contribution in [3.05, 3.63) is 35.6 Å². The second kappa shape index (κ2) is 5.28. The Bertz CT molecular complexity index is 617. The van der Waals surface area contributed by atoms with E-state index in [1.54, 1.807) is 6.08 Å². The molecule has 2 unspecified atom stereocenters. The molecule has 0 aromatic carbocycles. The molecular weight excluding hydrogens is 258 g/mol. The maximum Gasteiger partial charge on any atom is 0.244 e. The van der Waals surface area contributed by atoms with Gasteiger partial charge in [-0.2, -0.15) is 5.21 Å². The van der Waals surface area contributed by atoms with Gasteiger partial charge in [0.1, 0.15) is 11.5 Å². The van der Waals surface area contributed by atoms with Crippen molar-refractivity contribution in [1.29, 1.82) is 0 Å². The second-order valence-electron chi connectivity index (χ2n) is 4.94. The standard InChI is InChI=1S/C13H15N5O2/c1-8-6-10(8)11-4-2-9(20-11)3-5-13(19)14-7-12-15-17-18-16-12/h2-5,8,10H,6-7H2,1H3,(H,14,19)(H,15,16,17,18). The molecule has 2 aromatic rings. The van der Waals surface area contributed by atoms with E-state index in [4.69, 9.17) is 4.42 Å². The van der Waals surface area contributed by atoms with Gasteiger partial charge in [0, 0.05) is 12.0 Å². The van der Waals surface area contributed by atoms with E-state index in [9.17, 15) is 4.79 Å². The first-order valence-electron chi connectivity index (χ1n) is 6.50. The van der Waals surface area contributed by atoms with E-state index in [2.05, 4.69) is 32.9 Å². The minimum absolute atomic E-state index is 0.229. The van der Waals surface area contributed by atoms with Gasteiger partial charge >= 0.3 is 0 Å². The number of aromatic nitrogens is 4. The molecule has 104 valence electrons. The summed E-state index contributed by atoms with van der Waals surface area (Å²) in [5.74, 6) is 3.15. The zero-order chi connectivity index (χ0) is 13.9. The minimum atomic E-state index is -0.229. The van der Waals surface area contributed by atoms with Crippen LogP contribution in [0.5, 0.6) is 0 Å². The molecule has 0 saturated heterocycles. The van der Waals surface area contributed by atoms with Gasteiger partial charge in [-0.05, 0) is 30.5 Å². The molecule has 1 amide bonds. The van der Waals surface area contributed by atoms with Gasteiger partial charge in [0.25, 0.3) is 0 Å². The predicted octanol–water partition coefficient (Wildman–Crippen LogP) is 1.25. The first kappa shape index (κ1) is 12.6. The number of nitrogens with zero attached hydrogens (tertiary/aromatic N) is 3. The third-order valence-electron chi connectivity index (χ3n) is 3.33. The van der Waals surface area contributed by atoms with Crippen molar-refractivity contribution in [2.45, 2.75) is 25.8 Å². The lowest BCUT2D eigenvalue weighted by atomic mass is 10.3. The number of hydrogen-bond donors (Lipinski definition) is 2. The molecule has 2 heterocycles. The van der Waals surface area contributed by atoms with Crippen molar-refractivity contribution < 1.29 is 9.21 Å². The first-order valence-corrected chi connectivity index (χ1v) is 6.50. The topological polar surface area (TPSA) is 96.7 Å². The highest BCUT2D eigenvalue weighted by molar-refractivity contribution is 5.91. The summed E-state index contributed by atoms with van der Waals surface area (Å²) in [6.07, 6.45) is 4.27. The molecule has 0 radical (unpaired) electrons. The summed E-state index contributed by atoms with van der Waals surface area (Å²) in [5, 5.41) is 15.9. The fraction of sp³-hybridized carbons (Fsp3) is 0.385. The molecule has 1 aliphatic carbocycles. The summed E-state index contributed by atoms with van der Waals surface area (Å²) in [4.78, 5) is 11.6. The number of rotatable bonds is 5. The van der Waals surface area contributed by atoms with Crippen LogP contribution in [-0.4, -0.2) is 26.5 Å². The molecule has 1 aliphatic rings. The van der Waals surface area contributed by atoms with Gasteiger partial charge in [-0.3, -0.25) is 4.79 Å². The fourth-order valence-electron chi connectivity index (χ4n) is 2.02. The molecule has 0 bridgehead atoms. The summed E-state index contributed by atoms with van der Waals surface area (Å²) in [6, 6.07) is 3.86. The van der Waals surface area contributed by atoms with E-state index in [0.29, 0.717) is 23.4 Å². The Morgan fingerprint density at radius 3 is 3.15 bits per heavy atom. The van der Waals surface area contributed by atoms with E-state index < -0.39 is 0 Å². The number of hydrogen-bond acceptors (Lipinski definition) is 5. The molecule has 1 fully saturated rings. The Morgan fingerprint density at radius 1 is 1.60 bits per heavy atom.